The molecule has 1 aromatic carbocycles. The number of benzene rings is 1. The number of hydrogen-bond acceptors (Lipinski definition) is 5. The minimum Gasteiger partial charge on any atom is -0.481 e. The quantitative estimate of drug-likeness (QED) is 0.626. The Morgan fingerprint density at radius 2 is 1.77 bits per heavy atom. The van der Waals surface area contributed by atoms with E-state index in [1.807, 2.05) is 18.2 Å². The van der Waals surface area contributed by atoms with Gasteiger partial charge in [-0.25, -0.2) is 13.4 Å². The van der Waals surface area contributed by atoms with Crippen molar-refractivity contribution in [2.24, 2.45) is 0 Å². The van der Waals surface area contributed by atoms with Crippen molar-refractivity contribution in [2.45, 2.75) is 37.4 Å². The topological polar surface area (TPSA) is 59.5 Å². The smallest absolute Gasteiger partial charge is 0.396 e. The van der Waals surface area contributed by atoms with Crippen LogP contribution in [0.1, 0.15) is 41.5 Å². The number of nitrogens with zero attached hydrogens (tertiary/aromatic N) is 2. The van der Waals surface area contributed by atoms with Gasteiger partial charge in [-0.1, -0.05) is 30.3 Å². The Morgan fingerprint density at radius 3 is 2.32 bits per heavy atom. The maximum Gasteiger partial charge on any atom is 0.396 e. The zero-order valence-electron chi connectivity index (χ0n) is 17.6. The molecule has 1 aliphatic rings. The number of ether oxygens (including phenoxy) is 1. The zero-order chi connectivity index (χ0) is 22.6. The van der Waals surface area contributed by atoms with E-state index in [0.717, 1.165) is 43.4 Å². The van der Waals surface area contributed by atoms with Gasteiger partial charge in [0.2, 0.25) is 5.88 Å². The standard InChI is InChI=1S/C22H27F3N2O3S/c1-30-21-5-3-4-20(26-21)18-10-12-27(13-11-18)14-16-6-8-17(9-7-16)19(22(23,24)25)15-31(2,28)29/h3-9,18-19H,10-15H2,1-2H3/t19-/m0/s1. The van der Waals surface area contributed by atoms with Crippen LogP contribution in [0.25, 0.3) is 0 Å². The zero-order valence-corrected chi connectivity index (χ0v) is 18.4. The van der Waals surface area contributed by atoms with Crippen LogP contribution in [0.2, 0.25) is 0 Å². The molecule has 0 N–H and O–H groups in total. The van der Waals surface area contributed by atoms with E-state index < -0.39 is 27.7 Å². The van der Waals surface area contributed by atoms with Crippen LogP contribution in [0.15, 0.2) is 42.5 Å². The summed E-state index contributed by atoms with van der Waals surface area (Å²) in [4.78, 5) is 6.79. The number of sulfone groups is 1. The number of rotatable bonds is 7. The first-order valence-electron chi connectivity index (χ1n) is 10.1. The molecular weight excluding hydrogens is 429 g/mol. The number of pyridine rings is 1. The predicted molar refractivity (Wildman–Crippen MR) is 113 cm³/mol. The molecule has 1 aromatic heterocycles. The van der Waals surface area contributed by atoms with Gasteiger partial charge in [-0.2, -0.15) is 13.2 Å². The molecule has 0 unspecified atom stereocenters. The number of piperidine rings is 1. The highest BCUT2D eigenvalue weighted by molar-refractivity contribution is 7.90. The van der Waals surface area contributed by atoms with E-state index in [1.165, 1.54) is 12.1 Å². The van der Waals surface area contributed by atoms with Crippen LogP contribution in [-0.2, 0) is 16.4 Å². The minimum absolute atomic E-state index is 0.0236. The van der Waals surface area contributed by atoms with Crippen molar-refractivity contribution in [1.29, 1.82) is 0 Å². The van der Waals surface area contributed by atoms with Gasteiger partial charge in [0.25, 0.3) is 0 Å². The lowest BCUT2D eigenvalue weighted by Gasteiger charge is -2.31. The van der Waals surface area contributed by atoms with E-state index in [-0.39, 0.29) is 5.56 Å². The highest BCUT2D eigenvalue weighted by atomic mass is 32.2. The number of aromatic nitrogens is 1. The third-order valence-electron chi connectivity index (χ3n) is 5.61. The van der Waals surface area contributed by atoms with Crippen molar-refractivity contribution in [2.75, 3.05) is 32.2 Å². The maximum atomic E-state index is 13.3. The van der Waals surface area contributed by atoms with Gasteiger partial charge in [-0.3, -0.25) is 4.90 Å². The third-order valence-corrected chi connectivity index (χ3v) is 6.55. The fourth-order valence-corrected chi connectivity index (χ4v) is 4.94. The normalized spacial score (nSPS) is 17.5. The summed E-state index contributed by atoms with van der Waals surface area (Å²) in [5.74, 6) is -1.99. The van der Waals surface area contributed by atoms with Gasteiger partial charge < -0.3 is 4.74 Å². The van der Waals surface area contributed by atoms with Crippen molar-refractivity contribution < 1.29 is 26.3 Å². The summed E-state index contributed by atoms with van der Waals surface area (Å²) in [6, 6.07) is 11.9. The Kier molecular flexibility index (Phi) is 7.26. The van der Waals surface area contributed by atoms with Crippen molar-refractivity contribution >= 4 is 9.84 Å². The first-order chi connectivity index (χ1) is 14.5. The molecule has 2 heterocycles. The molecule has 0 aliphatic carbocycles. The predicted octanol–water partition coefficient (Wildman–Crippen LogP) is 4.16. The molecule has 3 rings (SSSR count). The lowest BCUT2D eigenvalue weighted by atomic mass is 9.92. The van der Waals surface area contributed by atoms with Crippen LogP contribution >= 0.6 is 0 Å². The molecule has 31 heavy (non-hydrogen) atoms. The molecule has 9 heteroatoms. The van der Waals surface area contributed by atoms with Crippen LogP contribution in [-0.4, -0.2) is 56.7 Å². The first kappa shape index (κ1) is 23.5. The van der Waals surface area contributed by atoms with Gasteiger partial charge >= 0.3 is 6.18 Å². The minimum atomic E-state index is -4.61. The highest BCUT2D eigenvalue weighted by Crippen LogP contribution is 2.36. The van der Waals surface area contributed by atoms with Crippen molar-refractivity contribution in [3.05, 3.63) is 59.3 Å². The van der Waals surface area contributed by atoms with Crippen LogP contribution in [0.5, 0.6) is 5.88 Å². The Hall–Kier alpha value is -2.13. The number of alkyl halides is 3. The van der Waals surface area contributed by atoms with Gasteiger partial charge in [0, 0.05) is 30.5 Å². The molecule has 0 spiro atoms. The number of likely N-dealkylation sites (tertiary alicyclic amines) is 1. The molecule has 1 atom stereocenters. The molecule has 170 valence electrons. The van der Waals surface area contributed by atoms with E-state index in [1.54, 1.807) is 19.2 Å². The summed E-state index contributed by atoms with van der Waals surface area (Å²) in [5, 5.41) is 0. The molecule has 1 saturated heterocycles. The van der Waals surface area contributed by atoms with E-state index in [4.69, 9.17) is 4.74 Å². The molecule has 0 radical (unpaired) electrons. The second-order valence-electron chi connectivity index (χ2n) is 8.08. The van der Waals surface area contributed by atoms with Crippen molar-refractivity contribution in [3.8, 4) is 5.88 Å². The summed E-state index contributed by atoms with van der Waals surface area (Å²) < 4.78 is 68.1. The lowest BCUT2D eigenvalue weighted by molar-refractivity contribution is -0.145. The number of methoxy groups -OCH3 is 1. The fraction of sp³-hybridized carbons (Fsp3) is 0.500. The van der Waals surface area contributed by atoms with Crippen LogP contribution in [0.3, 0.4) is 0 Å². The van der Waals surface area contributed by atoms with Crippen molar-refractivity contribution in [1.82, 2.24) is 9.88 Å². The monoisotopic (exact) mass is 456 g/mol. The molecule has 5 nitrogen and oxygen atoms in total. The molecule has 1 aliphatic heterocycles. The Labute approximate surface area is 181 Å². The summed E-state index contributed by atoms with van der Waals surface area (Å²) >= 11 is 0. The molecule has 1 fully saturated rings. The molecule has 2 aromatic rings. The fourth-order valence-electron chi connectivity index (χ4n) is 3.95. The summed E-state index contributed by atoms with van der Waals surface area (Å²) in [7, 11) is -2.17. The van der Waals surface area contributed by atoms with E-state index in [9.17, 15) is 21.6 Å². The SMILES string of the molecule is COc1cccc(C2CCN(Cc3ccc([C@H](CS(C)(=O)=O)C(F)(F)F)cc3)CC2)n1. The Balaban J connectivity index is 1.60. The van der Waals surface area contributed by atoms with Gasteiger partial charge in [0.15, 0.2) is 0 Å². The van der Waals surface area contributed by atoms with Gasteiger partial charge in [0.05, 0.1) is 18.8 Å². The third kappa shape index (κ3) is 6.67. The maximum absolute atomic E-state index is 13.3. The first-order valence-corrected chi connectivity index (χ1v) is 12.2. The highest BCUT2D eigenvalue weighted by Gasteiger charge is 2.42. The van der Waals surface area contributed by atoms with E-state index in [0.29, 0.717) is 18.3 Å². The van der Waals surface area contributed by atoms with Crippen LogP contribution < -0.4 is 4.74 Å². The van der Waals surface area contributed by atoms with E-state index >= 15 is 0 Å². The van der Waals surface area contributed by atoms with Crippen LogP contribution in [0.4, 0.5) is 13.2 Å². The van der Waals surface area contributed by atoms with Crippen molar-refractivity contribution in [3.63, 3.8) is 0 Å². The van der Waals surface area contributed by atoms with Gasteiger partial charge in [0.1, 0.15) is 9.84 Å². The molecule has 0 amide bonds. The average Bonchev–Trinajstić information content (AvgIpc) is 2.72. The summed E-state index contributed by atoms with van der Waals surface area (Å²) in [6.07, 6.45) is -1.89. The number of halogens is 3. The van der Waals surface area contributed by atoms with Gasteiger partial charge in [-0.15, -0.1) is 0 Å². The van der Waals surface area contributed by atoms with Crippen LogP contribution in [0, 0.1) is 0 Å². The average molecular weight is 457 g/mol. The largest absolute Gasteiger partial charge is 0.481 e. The Bertz CT molecular complexity index is 970. The number of hydrogen-bond donors (Lipinski definition) is 0. The molecular formula is C22H27F3N2O3S. The molecule has 0 saturated carbocycles. The second kappa shape index (κ2) is 9.56. The summed E-state index contributed by atoms with van der Waals surface area (Å²) in [6.45, 7) is 2.37. The summed E-state index contributed by atoms with van der Waals surface area (Å²) in [5.41, 5.74) is 1.90. The lowest BCUT2D eigenvalue weighted by Crippen LogP contribution is -2.32. The molecule has 0 bridgehead atoms. The van der Waals surface area contributed by atoms with Gasteiger partial charge in [-0.05, 0) is 43.1 Å². The second-order valence-corrected chi connectivity index (χ2v) is 10.3. The van der Waals surface area contributed by atoms with E-state index in [2.05, 4.69) is 9.88 Å². The Morgan fingerprint density at radius 1 is 1.13 bits per heavy atom.